The molecule has 20 heavy (non-hydrogen) atoms. The quantitative estimate of drug-likeness (QED) is 0.661. The van der Waals surface area contributed by atoms with Crippen molar-refractivity contribution in [3.05, 3.63) is 29.6 Å². The lowest BCUT2D eigenvalue weighted by Crippen LogP contribution is -2.45. The first-order chi connectivity index (χ1) is 9.72. The molecule has 1 aromatic heterocycles. The van der Waals surface area contributed by atoms with Crippen molar-refractivity contribution < 1.29 is 4.74 Å². The Balaban J connectivity index is 1.76. The highest BCUT2D eigenvalue weighted by atomic mass is 32.2. The second kappa shape index (κ2) is 6.02. The van der Waals surface area contributed by atoms with E-state index in [1.165, 1.54) is 17.7 Å². The molecule has 1 spiro atoms. The number of rotatable bonds is 3. The van der Waals surface area contributed by atoms with Crippen molar-refractivity contribution in [2.24, 2.45) is 11.8 Å². The van der Waals surface area contributed by atoms with Crippen LogP contribution in [-0.4, -0.2) is 28.7 Å². The highest BCUT2D eigenvalue weighted by Crippen LogP contribution is 2.43. The number of aryl methyl sites for hydroxylation is 1. The third kappa shape index (κ3) is 2.86. The Bertz CT molecular complexity index is 445. The van der Waals surface area contributed by atoms with Gasteiger partial charge in [-0.25, -0.2) is 0 Å². The summed E-state index contributed by atoms with van der Waals surface area (Å²) in [6, 6.07) is 4.37. The number of nitrogens with zero attached hydrogens (tertiary/aromatic N) is 1. The Morgan fingerprint density at radius 1 is 1.55 bits per heavy atom. The lowest BCUT2D eigenvalue weighted by atomic mass is 9.79. The van der Waals surface area contributed by atoms with Gasteiger partial charge in [-0.1, -0.05) is 6.07 Å². The zero-order valence-electron chi connectivity index (χ0n) is 12.0. The average molecular weight is 293 g/mol. The number of nitrogens with one attached hydrogen (secondary N) is 1. The van der Waals surface area contributed by atoms with Gasteiger partial charge in [0.1, 0.15) is 0 Å². The van der Waals surface area contributed by atoms with Gasteiger partial charge in [-0.15, -0.1) is 0 Å². The minimum atomic E-state index is 0.0980. The smallest absolute Gasteiger partial charge is 0.0783 e. The van der Waals surface area contributed by atoms with Crippen molar-refractivity contribution in [3.8, 4) is 0 Å². The summed E-state index contributed by atoms with van der Waals surface area (Å²) in [6.45, 7) is 2.86. The summed E-state index contributed by atoms with van der Waals surface area (Å²) in [7, 11) is 0. The summed E-state index contributed by atoms with van der Waals surface area (Å²) in [5.74, 6) is 8.72. The van der Waals surface area contributed by atoms with Gasteiger partial charge in [0.25, 0.3) is 0 Å². The monoisotopic (exact) mass is 293 g/mol. The molecule has 3 heterocycles. The van der Waals surface area contributed by atoms with E-state index in [4.69, 9.17) is 10.6 Å². The van der Waals surface area contributed by atoms with Crippen LogP contribution in [0.1, 0.15) is 36.6 Å². The van der Waals surface area contributed by atoms with Crippen LogP contribution in [0.25, 0.3) is 0 Å². The number of pyridine rings is 1. The predicted octanol–water partition coefficient (Wildman–Crippen LogP) is 2.20. The number of ether oxygens (including phenoxy) is 1. The van der Waals surface area contributed by atoms with Crippen LogP contribution < -0.4 is 11.3 Å². The van der Waals surface area contributed by atoms with E-state index in [-0.39, 0.29) is 11.6 Å². The highest BCUT2D eigenvalue weighted by Gasteiger charge is 2.42. The summed E-state index contributed by atoms with van der Waals surface area (Å²) < 4.78 is 6.10. The van der Waals surface area contributed by atoms with E-state index in [9.17, 15) is 0 Å². The lowest BCUT2D eigenvalue weighted by molar-refractivity contribution is -0.0854. The molecule has 2 aliphatic heterocycles. The second-order valence-corrected chi connectivity index (χ2v) is 7.07. The molecule has 3 unspecified atom stereocenters. The van der Waals surface area contributed by atoms with Crippen LogP contribution in [0.2, 0.25) is 0 Å². The summed E-state index contributed by atoms with van der Waals surface area (Å²) >= 11 is 2.01. The SMILES string of the molecule is Cc1ccc(C(NN)C2CCOC3(CCSC3)C2)cn1. The maximum atomic E-state index is 6.10. The lowest BCUT2D eigenvalue weighted by Gasteiger charge is -2.40. The summed E-state index contributed by atoms with van der Waals surface area (Å²) in [5, 5.41) is 0. The fraction of sp³-hybridized carbons (Fsp3) is 0.667. The van der Waals surface area contributed by atoms with E-state index >= 15 is 0 Å². The van der Waals surface area contributed by atoms with E-state index in [0.717, 1.165) is 30.9 Å². The maximum absolute atomic E-state index is 6.10. The summed E-state index contributed by atoms with van der Waals surface area (Å²) in [6.07, 6.45) is 5.29. The zero-order valence-corrected chi connectivity index (χ0v) is 12.8. The third-order valence-electron chi connectivity index (χ3n) is 4.54. The van der Waals surface area contributed by atoms with E-state index in [2.05, 4.69) is 22.5 Å². The first kappa shape index (κ1) is 14.3. The van der Waals surface area contributed by atoms with Gasteiger partial charge in [-0.2, -0.15) is 11.8 Å². The molecular weight excluding hydrogens is 270 g/mol. The number of thioether (sulfide) groups is 1. The molecule has 0 bridgehead atoms. The molecule has 2 saturated heterocycles. The van der Waals surface area contributed by atoms with Crippen LogP contribution in [0.15, 0.2) is 18.3 Å². The summed E-state index contributed by atoms with van der Waals surface area (Å²) in [5.41, 5.74) is 5.34. The topological polar surface area (TPSA) is 60.2 Å². The second-order valence-electron chi connectivity index (χ2n) is 5.96. The molecule has 0 aromatic carbocycles. The van der Waals surface area contributed by atoms with E-state index in [0.29, 0.717) is 5.92 Å². The molecule has 4 nitrogen and oxygen atoms in total. The Morgan fingerprint density at radius 3 is 3.10 bits per heavy atom. The minimum Gasteiger partial charge on any atom is -0.374 e. The molecular formula is C15H23N3OS. The molecule has 1 aromatic rings. The van der Waals surface area contributed by atoms with Gasteiger partial charge in [-0.05, 0) is 49.5 Å². The molecule has 2 aliphatic rings. The Kier molecular flexibility index (Phi) is 4.31. The van der Waals surface area contributed by atoms with Crippen LogP contribution >= 0.6 is 11.8 Å². The van der Waals surface area contributed by atoms with Gasteiger partial charge >= 0.3 is 0 Å². The maximum Gasteiger partial charge on any atom is 0.0783 e. The largest absolute Gasteiger partial charge is 0.374 e. The van der Waals surface area contributed by atoms with Crippen molar-refractivity contribution >= 4 is 11.8 Å². The van der Waals surface area contributed by atoms with Gasteiger partial charge < -0.3 is 4.74 Å². The third-order valence-corrected chi connectivity index (χ3v) is 5.77. The van der Waals surface area contributed by atoms with Crippen molar-refractivity contribution in [3.63, 3.8) is 0 Å². The van der Waals surface area contributed by atoms with E-state index in [1.54, 1.807) is 0 Å². The van der Waals surface area contributed by atoms with E-state index in [1.807, 2.05) is 24.9 Å². The molecule has 3 N–H and O–H groups in total. The molecule has 0 saturated carbocycles. The molecule has 0 radical (unpaired) electrons. The van der Waals surface area contributed by atoms with Gasteiger partial charge in [0.15, 0.2) is 0 Å². The van der Waals surface area contributed by atoms with Gasteiger partial charge in [-0.3, -0.25) is 16.3 Å². The standard InChI is InChI=1S/C15H23N3OS/c1-11-2-3-13(9-17-11)14(18-16)12-4-6-19-15(8-12)5-7-20-10-15/h2-3,9,12,14,18H,4-8,10,16H2,1H3. The fourth-order valence-corrected chi connectivity index (χ4v) is 4.76. The van der Waals surface area contributed by atoms with Crippen molar-refractivity contribution in [1.82, 2.24) is 10.4 Å². The average Bonchev–Trinajstić information content (AvgIpc) is 2.90. The minimum absolute atomic E-state index is 0.0980. The Morgan fingerprint density at radius 2 is 2.45 bits per heavy atom. The van der Waals surface area contributed by atoms with Gasteiger partial charge in [0.2, 0.25) is 0 Å². The molecule has 0 amide bonds. The number of hydrazine groups is 1. The van der Waals surface area contributed by atoms with Crippen molar-refractivity contribution in [2.75, 3.05) is 18.1 Å². The molecule has 3 atom stereocenters. The number of nitrogens with two attached hydrogens (primary N) is 1. The van der Waals surface area contributed by atoms with Gasteiger partial charge in [0, 0.05) is 24.3 Å². The molecule has 5 heteroatoms. The van der Waals surface area contributed by atoms with Crippen LogP contribution in [0.4, 0.5) is 0 Å². The number of hydrogen-bond donors (Lipinski definition) is 2. The Hall–Kier alpha value is -0.620. The molecule has 2 fully saturated rings. The van der Waals surface area contributed by atoms with Crippen LogP contribution in [0.5, 0.6) is 0 Å². The van der Waals surface area contributed by atoms with Crippen LogP contribution in [0.3, 0.4) is 0 Å². The normalized spacial score (nSPS) is 31.6. The molecule has 0 aliphatic carbocycles. The Labute approximate surface area is 124 Å². The first-order valence-corrected chi connectivity index (χ1v) is 8.48. The van der Waals surface area contributed by atoms with E-state index < -0.39 is 0 Å². The predicted molar refractivity (Wildman–Crippen MR) is 82.4 cm³/mol. The van der Waals surface area contributed by atoms with Crippen molar-refractivity contribution in [2.45, 2.75) is 37.8 Å². The van der Waals surface area contributed by atoms with Crippen LogP contribution in [-0.2, 0) is 4.74 Å². The molecule has 3 rings (SSSR count). The fourth-order valence-electron chi connectivity index (χ4n) is 3.38. The number of aromatic nitrogens is 1. The van der Waals surface area contributed by atoms with Crippen LogP contribution in [0, 0.1) is 12.8 Å². The first-order valence-electron chi connectivity index (χ1n) is 7.33. The van der Waals surface area contributed by atoms with Crippen molar-refractivity contribution in [1.29, 1.82) is 0 Å². The highest BCUT2D eigenvalue weighted by molar-refractivity contribution is 7.99. The summed E-state index contributed by atoms with van der Waals surface area (Å²) in [4.78, 5) is 4.40. The molecule has 110 valence electrons. The number of hydrogen-bond acceptors (Lipinski definition) is 5. The zero-order chi connectivity index (χ0) is 14.0. The van der Waals surface area contributed by atoms with Gasteiger partial charge in [0.05, 0.1) is 11.6 Å².